The lowest BCUT2D eigenvalue weighted by molar-refractivity contribution is 0.191. The Labute approximate surface area is 104 Å². The highest BCUT2D eigenvalue weighted by molar-refractivity contribution is 6.24. The number of benzene rings is 1. The predicted molar refractivity (Wildman–Crippen MR) is 71.0 cm³/mol. The van der Waals surface area contributed by atoms with Crippen LogP contribution < -0.4 is 0 Å². The molecule has 0 spiro atoms. The van der Waals surface area contributed by atoms with Crippen LogP contribution in [0.2, 0.25) is 0 Å². The van der Waals surface area contributed by atoms with Gasteiger partial charge in [0.1, 0.15) is 5.00 Å². The fourth-order valence-electron chi connectivity index (χ4n) is 1.89. The first-order valence-corrected chi connectivity index (χ1v) is 5.83. The molecule has 3 heteroatoms. The van der Waals surface area contributed by atoms with Gasteiger partial charge in [-0.1, -0.05) is 35.9 Å². The monoisotopic (exact) mass is 240 g/mol. The van der Waals surface area contributed by atoms with Gasteiger partial charge >= 0.3 is 0 Å². The van der Waals surface area contributed by atoms with Crippen LogP contribution in [0.5, 0.6) is 0 Å². The largest absolute Gasteiger partial charge is 0.306 e. The second kappa shape index (κ2) is 5.17. The van der Waals surface area contributed by atoms with Gasteiger partial charge in [0.2, 0.25) is 0 Å². The van der Waals surface area contributed by atoms with Gasteiger partial charge in [-0.15, -0.1) is 0 Å². The zero-order valence-electron chi connectivity index (χ0n) is 10.8. The first-order valence-electron chi connectivity index (χ1n) is 5.45. The number of nitrogens with zero attached hydrogens (tertiary/aromatic N) is 2. The maximum absolute atomic E-state index is 6.78. The summed E-state index contributed by atoms with van der Waals surface area (Å²) in [4.78, 5) is 3.71. The Balaban J connectivity index is 3.16. The maximum atomic E-state index is 6.78. The van der Waals surface area contributed by atoms with E-state index >= 15 is 0 Å². The van der Waals surface area contributed by atoms with Crippen molar-refractivity contribution in [3.05, 3.63) is 35.4 Å². The van der Waals surface area contributed by atoms with E-state index in [2.05, 4.69) is 28.9 Å². The van der Waals surface area contributed by atoms with Crippen molar-refractivity contribution in [1.82, 2.24) is 9.80 Å². The highest BCUT2D eigenvalue weighted by atomic mass is 35.5. The average molecular weight is 241 g/mol. The first kappa shape index (κ1) is 13.5. The molecule has 0 fully saturated rings. The van der Waals surface area contributed by atoms with Crippen LogP contribution in [-0.2, 0) is 5.00 Å². The third kappa shape index (κ3) is 2.76. The summed E-state index contributed by atoms with van der Waals surface area (Å²) in [5.74, 6) is 0. The number of halogens is 1. The van der Waals surface area contributed by atoms with E-state index in [1.807, 2.05) is 40.3 Å². The van der Waals surface area contributed by atoms with E-state index in [1.165, 1.54) is 11.1 Å². The van der Waals surface area contributed by atoms with Gasteiger partial charge in [0.15, 0.2) is 0 Å². The fourth-order valence-corrected chi connectivity index (χ4v) is 2.34. The molecule has 16 heavy (non-hydrogen) atoms. The third-order valence-corrected chi connectivity index (χ3v) is 3.45. The topological polar surface area (TPSA) is 6.48 Å². The number of hydrogen-bond donors (Lipinski definition) is 0. The molecule has 0 aliphatic rings. The lowest BCUT2D eigenvalue weighted by Gasteiger charge is -2.37. The van der Waals surface area contributed by atoms with Gasteiger partial charge in [-0.2, -0.15) is 0 Å². The summed E-state index contributed by atoms with van der Waals surface area (Å²) in [5.41, 5.74) is 2.41. The van der Waals surface area contributed by atoms with Gasteiger partial charge < -0.3 is 4.90 Å². The number of hydrogen-bond acceptors (Lipinski definition) is 2. The van der Waals surface area contributed by atoms with Crippen LogP contribution >= 0.6 is 11.6 Å². The molecule has 1 unspecified atom stereocenters. The van der Waals surface area contributed by atoms with Crippen LogP contribution in [0.4, 0.5) is 0 Å². The lowest BCUT2D eigenvalue weighted by atomic mass is 9.99. The molecule has 2 nitrogen and oxygen atoms in total. The molecule has 0 radical (unpaired) electrons. The third-order valence-electron chi connectivity index (χ3n) is 2.79. The molecule has 0 aliphatic heterocycles. The summed E-state index contributed by atoms with van der Waals surface area (Å²) in [5, 5.41) is 0. The highest BCUT2D eigenvalue weighted by Gasteiger charge is 2.33. The molecule has 0 aliphatic carbocycles. The van der Waals surface area contributed by atoms with Crippen molar-refractivity contribution < 1.29 is 0 Å². The van der Waals surface area contributed by atoms with Crippen molar-refractivity contribution in [2.45, 2.75) is 11.9 Å². The highest BCUT2D eigenvalue weighted by Crippen LogP contribution is 2.33. The number of alkyl halides is 1. The summed E-state index contributed by atoms with van der Waals surface area (Å²) in [7, 11) is 8.11. The standard InChI is InChI=1S/C13H21ClN2/c1-11-8-6-7-9-12(11)13(14,16(4)5)10-15(2)3/h6-9H,10H2,1-5H3. The molecule has 0 saturated carbocycles. The van der Waals surface area contributed by atoms with Crippen LogP contribution in [0.25, 0.3) is 0 Å². The normalized spacial score (nSPS) is 15.5. The quantitative estimate of drug-likeness (QED) is 0.590. The summed E-state index contributed by atoms with van der Waals surface area (Å²) in [6.07, 6.45) is 0. The van der Waals surface area contributed by atoms with Crippen molar-refractivity contribution in [2.75, 3.05) is 34.7 Å². The van der Waals surface area contributed by atoms with Crippen LogP contribution in [0.1, 0.15) is 11.1 Å². The van der Waals surface area contributed by atoms with E-state index in [4.69, 9.17) is 11.6 Å². The molecule has 0 bridgehead atoms. The molecular formula is C13H21ClN2. The minimum Gasteiger partial charge on any atom is -0.306 e. The molecule has 0 amide bonds. The van der Waals surface area contributed by atoms with E-state index in [-0.39, 0.29) is 0 Å². The minimum atomic E-state index is -0.463. The van der Waals surface area contributed by atoms with Crippen molar-refractivity contribution >= 4 is 11.6 Å². The van der Waals surface area contributed by atoms with Crippen molar-refractivity contribution in [2.24, 2.45) is 0 Å². The summed E-state index contributed by atoms with van der Waals surface area (Å²) in [6, 6.07) is 8.29. The van der Waals surface area contributed by atoms with Crippen molar-refractivity contribution in [3.8, 4) is 0 Å². The number of aryl methyl sites for hydroxylation is 1. The smallest absolute Gasteiger partial charge is 0.134 e. The minimum absolute atomic E-state index is 0.463. The zero-order valence-corrected chi connectivity index (χ0v) is 11.5. The first-order chi connectivity index (χ1) is 7.38. The summed E-state index contributed by atoms with van der Waals surface area (Å²) < 4.78 is 0. The molecule has 90 valence electrons. The molecule has 1 atom stereocenters. The lowest BCUT2D eigenvalue weighted by Crippen LogP contribution is -2.44. The Kier molecular flexibility index (Phi) is 4.36. The Hall–Kier alpha value is -0.570. The Morgan fingerprint density at radius 2 is 1.69 bits per heavy atom. The molecule has 0 N–H and O–H groups in total. The van der Waals surface area contributed by atoms with Gasteiger partial charge in [-0.25, -0.2) is 0 Å². The molecule has 0 heterocycles. The molecule has 1 rings (SSSR count). The van der Waals surface area contributed by atoms with Gasteiger partial charge in [0.05, 0.1) is 0 Å². The van der Waals surface area contributed by atoms with Crippen molar-refractivity contribution in [3.63, 3.8) is 0 Å². The van der Waals surface area contributed by atoms with Crippen LogP contribution in [0, 0.1) is 6.92 Å². The van der Waals surface area contributed by atoms with E-state index < -0.39 is 5.00 Å². The van der Waals surface area contributed by atoms with Crippen LogP contribution in [0.15, 0.2) is 24.3 Å². The fraction of sp³-hybridized carbons (Fsp3) is 0.538. The molecule has 1 aromatic carbocycles. The summed E-state index contributed by atoms with van der Waals surface area (Å²) >= 11 is 6.78. The predicted octanol–water partition coefficient (Wildman–Crippen LogP) is 2.51. The maximum Gasteiger partial charge on any atom is 0.134 e. The molecule has 0 saturated heterocycles. The number of rotatable bonds is 4. The van der Waals surface area contributed by atoms with E-state index in [9.17, 15) is 0 Å². The average Bonchev–Trinajstić information content (AvgIpc) is 2.16. The SMILES string of the molecule is Cc1ccccc1C(Cl)(CN(C)C)N(C)C. The van der Waals surface area contributed by atoms with E-state index in [1.54, 1.807) is 0 Å². The second-order valence-electron chi connectivity index (χ2n) is 4.71. The Morgan fingerprint density at radius 3 is 2.12 bits per heavy atom. The molecular weight excluding hydrogens is 220 g/mol. The summed E-state index contributed by atoms with van der Waals surface area (Å²) in [6.45, 7) is 2.89. The Bertz CT molecular complexity index is 350. The number of likely N-dealkylation sites (N-methyl/N-ethyl adjacent to an activating group) is 2. The van der Waals surface area contributed by atoms with Gasteiger partial charge in [0.25, 0.3) is 0 Å². The van der Waals surface area contributed by atoms with E-state index in [0.717, 1.165) is 6.54 Å². The van der Waals surface area contributed by atoms with Crippen LogP contribution in [0.3, 0.4) is 0 Å². The Morgan fingerprint density at radius 1 is 1.12 bits per heavy atom. The molecule has 0 aromatic heterocycles. The van der Waals surface area contributed by atoms with Gasteiger partial charge in [-0.05, 0) is 46.2 Å². The van der Waals surface area contributed by atoms with Gasteiger partial charge in [0, 0.05) is 6.54 Å². The van der Waals surface area contributed by atoms with Crippen LogP contribution in [-0.4, -0.2) is 44.5 Å². The zero-order chi connectivity index (χ0) is 12.3. The van der Waals surface area contributed by atoms with Crippen molar-refractivity contribution in [1.29, 1.82) is 0 Å². The molecule has 1 aromatic rings. The van der Waals surface area contributed by atoms with E-state index in [0.29, 0.717) is 0 Å². The van der Waals surface area contributed by atoms with Gasteiger partial charge in [-0.3, -0.25) is 4.90 Å². The second-order valence-corrected chi connectivity index (χ2v) is 5.33.